The summed E-state index contributed by atoms with van der Waals surface area (Å²) in [7, 11) is 1.63. The van der Waals surface area contributed by atoms with Crippen molar-refractivity contribution in [1.82, 2.24) is 58.5 Å². The maximum Gasteiger partial charge on any atom is 0.329 e. The summed E-state index contributed by atoms with van der Waals surface area (Å²) in [5.74, 6) is -12.6. The summed E-state index contributed by atoms with van der Waals surface area (Å²) in [6, 6.07) is -6.11. The molecule has 2 heterocycles. The number of fused-ring (bicyclic) bond motifs is 1. The first-order chi connectivity index (χ1) is 43.1. The van der Waals surface area contributed by atoms with E-state index in [1.54, 1.807) is 66.9 Å². The predicted molar refractivity (Wildman–Crippen MR) is 341 cm³/mol. The molecule has 27 nitrogen and oxygen atoms in total. The molecule has 15 N–H and O–H groups in total. The molecule has 1 saturated heterocycles. The Morgan fingerprint density at radius 1 is 0.637 bits per heavy atom. The van der Waals surface area contributed by atoms with Crippen molar-refractivity contribution in [2.75, 3.05) is 20.3 Å². The van der Waals surface area contributed by atoms with Gasteiger partial charge in [-0.3, -0.25) is 52.7 Å². The number of thiophene rings is 1. The van der Waals surface area contributed by atoms with Crippen LogP contribution in [0.2, 0.25) is 0 Å². The molecule has 0 radical (unpaired) electrons. The number of esters is 1. The van der Waals surface area contributed by atoms with E-state index in [1.807, 2.05) is 36.6 Å². The molecule has 0 bridgehead atoms. The summed E-state index contributed by atoms with van der Waals surface area (Å²) < 4.78 is 6.91. The van der Waals surface area contributed by atoms with Gasteiger partial charge in [-0.25, -0.2) is 4.79 Å². The number of nitrogens with two attached hydrogens (primary N) is 1. The van der Waals surface area contributed by atoms with E-state index in [0.29, 0.717) is 38.5 Å². The molecule has 508 valence electrons. The van der Waals surface area contributed by atoms with Crippen molar-refractivity contribution in [2.24, 2.45) is 29.4 Å². The second-order valence-corrected chi connectivity index (χ2v) is 25.4. The number of nitrogens with one attached hydrogen (secondary N) is 11. The SMILES string of the molecule is CC[C@H](C)[C@H](NC(=O)[C@@H](CCc1csc2ccccc12)NC)C(=O)N[C@@H](CO)C(=O)N[C@H](CCC(N)=O)C(=O)N[C@@H](C(=O)N[C@H](C(=O)N[C@@H](CO)C(=O)N[C@H]1C(=O)N[C@@H](C)C(=O)NC2(CCCCCC2)C(=O)N[C@@H]([C@@H](C)CC)C(=O)O[C@H]1C)[C@@H](C)CC)[C@@H](C)CC. The van der Waals surface area contributed by atoms with Crippen LogP contribution in [0, 0.1) is 23.7 Å². The van der Waals surface area contributed by atoms with E-state index in [1.165, 1.54) is 13.8 Å². The van der Waals surface area contributed by atoms with Crippen molar-refractivity contribution < 1.29 is 72.5 Å². The molecule has 4 rings (SSSR count). The first-order valence-electron chi connectivity index (χ1n) is 32.0. The minimum atomic E-state index is -1.80. The van der Waals surface area contributed by atoms with Crippen LogP contribution in [-0.2, 0) is 68.7 Å². The third-order valence-corrected chi connectivity index (χ3v) is 18.9. The van der Waals surface area contributed by atoms with Crippen LogP contribution in [0.15, 0.2) is 29.6 Å². The molecule has 28 heteroatoms. The van der Waals surface area contributed by atoms with Crippen molar-refractivity contribution in [2.45, 2.75) is 231 Å². The molecular weight excluding hydrogens is 1200 g/mol. The molecule has 1 aromatic carbocycles. The quantitative estimate of drug-likeness (QED) is 0.0454. The van der Waals surface area contributed by atoms with Gasteiger partial charge in [0.1, 0.15) is 66.0 Å². The van der Waals surface area contributed by atoms with Gasteiger partial charge in [-0.15, -0.1) is 11.3 Å². The van der Waals surface area contributed by atoms with Crippen molar-refractivity contribution in [3.63, 3.8) is 0 Å². The molecule has 2 aromatic rings. The summed E-state index contributed by atoms with van der Waals surface area (Å²) in [5, 5.41) is 53.4. The highest BCUT2D eigenvalue weighted by Crippen LogP contribution is 2.30. The van der Waals surface area contributed by atoms with Crippen LogP contribution in [0.4, 0.5) is 0 Å². The van der Waals surface area contributed by atoms with Gasteiger partial charge in [0.25, 0.3) is 0 Å². The van der Waals surface area contributed by atoms with Crippen LogP contribution in [0.25, 0.3) is 10.1 Å². The summed E-state index contributed by atoms with van der Waals surface area (Å²) in [4.78, 5) is 167. The Hall–Kier alpha value is -7.30. The van der Waals surface area contributed by atoms with Gasteiger partial charge in [0.15, 0.2) is 0 Å². The van der Waals surface area contributed by atoms with Gasteiger partial charge in [0.2, 0.25) is 65.0 Å². The topological polar surface area (TPSA) is 413 Å². The normalized spacial score (nSPS) is 21.7. The number of rotatable bonds is 31. The maximum absolute atomic E-state index is 14.5. The molecule has 0 unspecified atom stereocenters. The lowest BCUT2D eigenvalue weighted by Gasteiger charge is -2.35. The zero-order chi connectivity index (χ0) is 67.9. The van der Waals surface area contributed by atoms with Crippen molar-refractivity contribution in [3.8, 4) is 0 Å². The molecule has 91 heavy (non-hydrogen) atoms. The Bertz CT molecular complexity index is 2850. The Morgan fingerprint density at radius 2 is 1.13 bits per heavy atom. The molecule has 2 aliphatic rings. The second-order valence-electron chi connectivity index (χ2n) is 24.5. The maximum atomic E-state index is 14.5. The number of ether oxygens (including phenoxy) is 1. The van der Waals surface area contributed by atoms with E-state index in [-0.39, 0.29) is 25.7 Å². The Labute approximate surface area is 537 Å². The molecule has 1 saturated carbocycles. The van der Waals surface area contributed by atoms with Gasteiger partial charge in [0, 0.05) is 11.1 Å². The molecule has 1 aliphatic heterocycles. The predicted octanol–water partition coefficient (Wildman–Crippen LogP) is 0.394. The fourth-order valence-electron chi connectivity index (χ4n) is 10.9. The molecule has 1 aromatic heterocycles. The highest BCUT2D eigenvalue weighted by molar-refractivity contribution is 7.17. The van der Waals surface area contributed by atoms with E-state index < -0.39 is 193 Å². The van der Waals surface area contributed by atoms with E-state index in [9.17, 15) is 67.7 Å². The van der Waals surface area contributed by atoms with Gasteiger partial charge in [-0.1, -0.05) is 125 Å². The smallest absolute Gasteiger partial charge is 0.329 e. The zero-order valence-corrected chi connectivity index (χ0v) is 55.4. The van der Waals surface area contributed by atoms with Crippen molar-refractivity contribution in [3.05, 3.63) is 35.2 Å². The van der Waals surface area contributed by atoms with Crippen LogP contribution < -0.4 is 64.2 Å². The highest BCUT2D eigenvalue weighted by atomic mass is 32.1. The van der Waals surface area contributed by atoms with Gasteiger partial charge >= 0.3 is 5.97 Å². The minimum absolute atomic E-state index is 0.267. The fraction of sp³-hybridized carbons (Fsp3) is 0.683. The number of aryl methyl sites for hydroxylation is 1. The number of carbonyl (C=O) groups excluding carboxylic acids is 12. The fourth-order valence-corrected chi connectivity index (χ4v) is 11.9. The van der Waals surface area contributed by atoms with Gasteiger partial charge in [-0.2, -0.15) is 0 Å². The molecule has 15 atom stereocenters. The number of likely N-dealkylation sites (N-methyl/N-ethyl adjacent to an activating group) is 1. The van der Waals surface area contributed by atoms with E-state index in [4.69, 9.17) is 10.5 Å². The van der Waals surface area contributed by atoms with E-state index in [2.05, 4.69) is 58.5 Å². The molecule has 1 spiro atoms. The van der Waals surface area contributed by atoms with E-state index in [0.717, 1.165) is 28.5 Å². The number of cyclic esters (lactones) is 1. The van der Waals surface area contributed by atoms with E-state index >= 15 is 0 Å². The third-order valence-electron chi connectivity index (χ3n) is 17.9. The minimum Gasteiger partial charge on any atom is -0.458 e. The van der Waals surface area contributed by atoms with Gasteiger partial charge in [-0.05, 0) is 99.1 Å². The first kappa shape index (κ1) is 76.2. The summed E-state index contributed by atoms with van der Waals surface area (Å²) in [6.07, 6.45) is 3.50. The average molecular weight is 1300 g/mol. The Kier molecular flexibility index (Phi) is 30.7. The lowest BCUT2D eigenvalue weighted by atomic mass is 9.87. The van der Waals surface area contributed by atoms with Crippen LogP contribution in [0.3, 0.4) is 0 Å². The number of primary amides is 1. The lowest BCUT2D eigenvalue weighted by molar-refractivity contribution is -0.157. The van der Waals surface area contributed by atoms with Crippen molar-refractivity contribution in [1.29, 1.82) is 0 Å². The highest BCUT2D eigenvalue weighted by Gasteiger charge is 2.46. The first-order valence-corrected chi connectivity index (χ1v) is 32.9. The number of benzene rings is 1. The lowest BCUT2D eigenvalue weighted by Crippen LogP contribution is -2.64. The Morgan fingerprint density at radius 3 is 1.65 bits per heavy atom. The number of aliphatic hydroxyl groups is 2. The van der Waals surface area contributed by atoms with Gasteiger partial charge in [0.05, 0.1) is 19.3 Å². The average Bonchev–Trinajstić information content (AvgIpc) is 1.93. The zero-order valence-electron chi connectivity index (χ0n) is 54.5. The largest absolute Gasteiger partial charge is 0.458 e. The third kappa shape index (κ3) is 21.4. The Balaban J connectivity index is 1.51. The van der Waals surface area contributed by atoms with Crippen LogP contribution >= 0.6 is 11.3 Å². The molecular formula is C63H100N12O15S. The standard InChI is InChI=1S/C63H100N12O15S/c1-12-33(5)47(70-53(80)41(65-11)25-24-39-32-91-45-23-19-18-22-40(39)45)57(84)68-43(30-76)55(82)67-42(26-27-46(64)78)54(81)71-49(35(7)14-3)59(86)72-48(34(6)13-2)58(85)69-44(31-77)56(83)73-51-38(10)90-61(88)50(36(8)15-4)74-62(89)63(28-20-16-17-21-29-63)75-52(79)37(9)66-60(51)87/h18-19,22-23,32-38,41-44,47-51,65,76-77H,12-17,20-21,24-31H2,1-11H3,(H2,64,78)(H,66,87)(H,67,82)(H,68,84)(H,69,85)(H,70,80)(H,71,81)(H,72,86)(H,73,83)(H,74,89)(H,75,79)/t33-,34-,35-,36-,37-,38-,41+,42+,43-,44-,47-,48-,49+,50-,51+/m0/s1. The second kappa shape index (κ2) is 36.7. The molecule has 11 amide bonds. The van der Waals surface area contributed by atoms with Crippen LogP contribution in [0.5, 0.6) is 0 Å². The summed E-state index contributed by atoms with van der Waals surface area (Å²) >= 11 is 1.60. The molecule has 2 fully saturated rings. The van der Waals surface area contributed by atoms with Crippen LogP contribution in [-0.4, -0.2) is 173 Å². The van der Waals surface area contributed by atoms with Crippen LogP contribution in [0.1, 0.15) is 158 Å². The number of hydrogen-bond donors (Lipinski definition) is 14. The summed E-state index contributed by atoms with van der Waals surface area (Å²) in [5.41, 5.74) is 5.16. The summed E-state index contributed by atoms with van der Waals surface area (Å²) in [6.45, 7) is 14.4. The number of carbonyl (C=O) groups is 12. The van der Waals surface area contributed by atoms with Crippen molar-refractivity contribution >= 4 is 92.4 Å². The number of hydrogen-bond acceptors (Lipinski definition) is 17. The number of amides is 11. The van der Waals surface area contributed by atoms with Gasteiger partial charge < -0.3 is 79.2 Å². The molecule has 1 aliphatic carbocycles. The number of aliphatic hydroxyl groups excluding tert-OH is 2. The monoisotopic (exact) mass is 1300 g/mol.